The molecule has 0 saturated carbocycles. The Morgan fingerprint density at radius 3 is 2.50 bits per heavy atom. The van der Waals surface area contributed by atoms with Crippen LogP contribution in [-0.4, -0.2) is 4.98 Å². The summed E-state index contributed by atoms with van der Waals surface area (Å²) in [6.45, 7) is 1.99. The van der Waals surface area contributed by atoms with Crippen LogP contribution < -0.4 is 5.73 Å². The van der Waals surface area contributed by atoms with E-state index in [9.17, 15) is 4.39 Å². The number of pyridine rings is 1. The highest BCUT2D eigenvalue weighted by Gasteiger charge is 2.19. The highest BCUT2D eigenvalue weighted by Crippen LogP contribution is 2.30. The highest BCUT2D eigenvalue weighted by atomic mass is 79.9. The van der Waals surface area contributed by atoms with Gasteiger partial charge in [0.05, 0.1) is 0 Å². The van der Waals surface area contributed by atoms with Crippen LogP contribution >= 0.6 is 15.9 Å². The number of halogens is 2. The van der Waals surface area contributed by atoms with Gasteiger partial charge in [-0.05, 0) is 29.8 Å². The minimum absolute atomic E-state index is 0.0312. The standard InChI is InChI=1S/C14H14BrFN2/c1-9(10-4-6-18-7-5-10)14(17)12-3-2-11(15)8-13(12)16/h2-9,14H,17H2,1H3. The first kappa shape index (κ1) is 13.2. The Morgan fingerprint density at radius 2 is 1.89 bits per heavy atom. The van der Waals surface area contributed by atoms with Gasteiger partial charge in [-0.15, -0.1) is 0 Å². The molecule has 0 bridgehead atoms. The molecule has 0 aliphatic carbocycles. The van der Waals surface area contributed by atoms with Gasteiger partial charge in [-0.2, -0.15) is 0 Å². The molecule has 0 saturated heterocycles. The van der Waals surface area contributed by atoms with E-state index in [1.807, 2.05) is 19.1 Å². The van der Waals surface area contributed by atoms with Gasteiger partial charge in [0.25, 0.3) is 0 Å². The number of rotatable bonds is 3. The lowest BCUT2D eigenvalue weighted by Crippen LogP contribution is -2.19. The van der Waals surface area contributed by atoms with Gasteiger partial charge in [0.1, 0.15) is 5.82 Å². The molecule has 2 rings (SSSR count). The molecular weight excluding hydrogens is 295 g/mol. The molecular formula is C14H14BrFN2. The van der Waals surface area contributed by atoms with Crippen molar-refractivity contribution in [1.29, 1.82) is 0 Å². The van der Waals surface area contributed by atoms with E-state index in [4.69, 9.17) is 5.73 Å². The largest absolute Gasteiger partial charge is 0.323 e. The van der Waals surface area contributed by atoms with Crippen molar-refractivity contribution in [2.45, 2.75) is 18.9 Å². The molecule has 2 aromatic rings. The van der Waals surface area contributed by atoms with Crippen LogP contribution in [0.4, 0.5) is 4.39 Å². The molecule has 1 aromatic heterocycles. The second-order valence-corrected chi connectivity index (χ2v) is 5.18. The molecule has 94 valence electrons. The van der Waals surface area contributed by atoms with Crippen molar-refractivity contribution >= 4 is 15.9 Å². The molecule has 18 heavy (non-hydrogen) atoms. The Bertz CT molecular complexity index is 531. The third-order valence-electron chi connectivity index (χ3n) is 3.09. The summed E-state index contributed by atoms with van der Waals surface area (Å²) in [5.41, 5.74) is 7.73. The van der Waals surface area contributed by atoms with Crippen LogP contribution in [0.5, 0.6) is 0 Å². The maximum Gasteiger partial charge on any atom is 0.129 e. The van der Waals surface area contributed by atoms with E-state index in [2.05, 4.69) is 20.9 Å². The summed E-state index contributed by atoms with van der Waals surface area (Å²) < 4.78 is 14.6. The molecule has 0 aliphatic heterocycles. The lowest BCUT2D eigenvalue weighted by molar-refractivity contribution is 0.539. The summed E-state index contributed by atoms with van der Waals surface area (Å²) in [7, 11) is 0. The predicted molar refractivity (Wildman–Crippen MR) is 73.7 cm³/mol. The van der Waals surface area contributed by atoms with Crippen LogP contribution in [0.1, 0.15) is 30.0 Å². The fourth-order valence-electron chi connectivity index (χ4n) is 1.92. The van der Waals surface area contributed by atoms with Crippen LogP contribution in [-0.2, 0) is 0 Å². The van der Waals surface area contributed by atoms with Crippen molar-refractivity contribution < 1.29 is 4.39 Å². The fourth-order valence-corrected chi connectivity index (χ4v) is 2.25. The zero-order valence-corrected chi connectivity index (χ0v) is 11.6. The molecule has 0 aliphatic rings. The quantitative estimate of drug-likeness (QED) is 0.937. The monoisotopic (exact) mass is 308 g/mol. The Labute approximate surface area is 114 Å². The number of nitrogens with two attached hydrogens (primary N) is 1. The normalized spacial score (nSPS) is 14.2. The minimum atomic E-state index is -0.375. The van der Waals surface area contributed by atoms with E-state index < -0.39 is 0 Å². The molecule has 0 radical (unpaired) electrons. The number of nitrogens with zero attached hydrogens (tertiary/aromatic N) is 1. The van der Waals surface area contributed by atoms with E-state index >= 15 is 0 Å². The minimum Gasteiger partial charge on any atom is -0.323 e. The molecule has 2 N–H and O–H groups in total. The van der Waals surface area contributed by atoms with E-state index in [-0.39, 0.29) is 17.8 Å². The average Bonchev–Trinajstić information content (AvgIpc) is 2.38. The second kappa shape index (κ2) is 5.59. The van der Waals surface area contributed by atoms with Gasteiger partial charge in [-0.25, -0.2) is 4.39 Å². The van der Waals surface area contributed by atoms with Gasteiger partial charge >= 0.3 is 0 Å². The maximum absolute atomic E-state index is 13.9. The Kier molecular flexibility index (Phi) is 4.09. The summed E-state index contributed by atoms with van der Waals surface area (Å²) in [6.07, 6.45) is 3.44. The van der Waals surface area contributed by atoms with Crippen molar-refractivity contribution in [3.63, 3.8) is 0 Å². The molecule has 0 amide bonds. The number of aromatic nitrogens is 1. The van der Waals surface area contributed by atoms with Crippen LogP contribution in [0.2, 0.25) is 0 Å². The summed E-state index contributed by atoms with van der Waals surface area (Å²) in [4.78, 5) is 3.97. The van der Waals surface area contributed by atoms with Gasteiger partial charge in [0.2, 0.25) is 0 Å². The fraction of sp³-hybridized carbons (Fsp3) is 0.214. The molecule has 2 nitrogen and oxygen atoms in total. The van der Waals surface area contributed by atoms with Crippen molar-refractivity contribution in [2.75, 3.05) is 0 Å². The van der Waals surface area contributed by atoms with Gasteiger partial charge in [0, 0.05) is 34.4 Å². The van der Waals surface area contributed by atoms with Crippen LogP contribution in [0.25, 0.3) is 0 Å². The van der Waals surface area contributed by atoms with Crippen molar-refractivity contribution in [1.82, 2.24) is 4.98 Å². The van der Waals surface area contributed by atoms with Crippen LogP contribution in [0.3, 0.4) is 0 Å². The lowest BCUT2D eigenvalue weighted by Gasteiger charge is -2.21. The first-order chi connectivity index (χ1) is 8.59. The smallest absolute Gasteiger partial charge is 0.129 e. The maximum atomic E-state index is 13.9. The topological polar surface area (TPSA) is 38.9 Å². The van der Waals surface area contributed by atoms with Crippen LogP contribution in [0, 0.1) is 5.82 Å². The number of hydrogen-bond donors (Lipinski definition) is 1. The molecule has 4 heteroatoms. The van der Waals surface area contributed by atoms with Crippen molar-refractivity contribution in [2.24, 2.45) is 5.73 Å². The zero-order valence-electron chi connectivity index (χ0n) is 9.98. The zero-order chi connectivity index (χ0) is 13.1. The Hall–Kier alpha value is -1.26. The summed E-state index contributed by atoms with van der Waals surface area (Å²) in [6, 6.07) is 8.40. The van der Waals surface area contributed by atoms with E-state index in [1.54, 1.807) is 24.5 Å². The first-order valence-corrected chi connectivity index (χ1v) is 6.49. The second-order valence-electron chi connectivity index (χ2n) is 4.26. The summed E-state index contributed by atoms with van der Waals surface area (Å²) in [5, 5.41) is 0. The van der Waals surface area contributed by atoms with E-state index in [0.29, 0.717) is 10.0 Å². The van der Waals surface area contributed by atoms with E-state index in [0.717, 1.165) is 5.56 Å². The average molecular weight is 309 g/mol. The summed E-state index contributed by atoms with van der Waals surface area (Å²) in [5.74, 6) is -0.249. The molecule has 1 heterocycles. The third-order valence-corrected chi connectivity index (χ3v) is 3.59. The SMILES string of the molecule is CC(c1ccncc1)C(N)c1ccc(Br)cc1F. The van der Waals surface area contributed by atoms with Crippen molar-refractivity contribution in [3.05, 3.63) is 64.1 Å². The van der Waals surface area contributed by atoms with Crippen LogP contribution in [0.15, 0.2) is 47.2 Å². The third kappa shape index (κ3) is 2.76. The number of benzene rings is 1. The number of hydrogen-bond acceptors (Lipinski definition) is 2. The van der Waals surface area contributed by atoms with Gasteiger partial charge in [-0.1, -0.05) is 28.9 Å². The van der Waals surface area contributed by atoms with E-state index in [1.165, 1.54) is 6.07 Å². The Balaban J connectivity index is 2.28. The highest BCUT2D eigenvalue weighted by molar-refractivity contribution is 9.10. The van der Waals surface area contributed by atoms with Crippen molar-refractivity contribution in [3.8, 4) is 0 Å². The molecule has 2 unspecified atom stereocenters. The Morgan fingerprint density at radius 1 is 1.22 bits per heavy atom. The summed E-state index contributed by atoms with van der Waals surface area (Å²) >= 11 is 3.24. The lowest BCUT2D eigenvalue weighted by atomic mass is 9.89. The van der Waals surface area contributed by atoms with Gasteiger partial charge < -0.3 is 5.73 Å². The van der Waals surface area contributed by atoms with Gasteiger partial charge in [0.15, 0.2) is 0 Å². The molecule has 2 atom stereocenters. The first-order valence-electron chi connectivity index (χ1n) is 5.70. The van der Waals surface area contributed by atoms with Gasteiger partial charge in [-0.3, -0.25) is 4.98 Å². The molecule has 1 aromatic carbocycles. The molecule has 0 fully saturated rings. The molecule has 0 spiro atoms. The predicted octanol–water partition coefficient (Wildman–Crippen LogP) is 3.79.